The van der Waals surface area contributed by atoms with E-state index in [0.717, 1.165) is 5.56 Å². The predicted octanol–water partition coefficient (Wildman–Crippen LogP) is 2.44. The summed E-state index contributed by atoms with van der Waals surface area (Å²) in [7, 11) is -3.56. The smallest absolute Gasteiger partial charge is 0.251 e. The lowest BCUT2D eigenvalue weighted by Crippen LogP contribution is -2.27. The van der Waals surface area contributed by atoms with E-state index in [1.54, 1.807) is 30.3 Å². The van der Waals surface area contributed by atoms with Crippen LogP contribution in [0.5, 0.6) is 0 Å². The topological polar surface area (TPSA) is 98.8 Å². The highest BCUT2D eigenvalue weighted by molar-refractivity contribution is 7.91. The van der Waals surface area contributed by atoms with E-state index in [-0.39, 0.29) is 35.4 Å². The van der Waals surface area contributed by atoms with E-state index < -0.39 is 9.84 Å². The molecule has 7 nitrogen and oxygen atoms in total. The summed E-state index contributed by atoms with van der Waals surface area (Å²) >= 11 is 0. The normalized spacial score (nSPS) is 11.0. The molecular formula is C24H27NO6S. The summed E-state index contributed by atoms with van der Waals surface area (Å²) in [5.41, 5.74) is 1.56. The number of Topliss-reactive ketones (excluding diaryl/α,β-unsaturated/α-hetero) is 1. The van der Waals surface area contributed by atoms with Crippen LogP contribution < -0.4 is 5.32 Å². The van der Waals surface area contributed by atoms with Gasteiger partial charge in [-0.05, 0) is 31.2 Å². The van der Waals surface area contributed by atoms with Crippen LogP contribution in [0.2, 0.25) is 0 Å². The van der Waals surface area contributed by atoms with Gasteiger partial charge >= 0.3 is 0 Å². The minimum atomic E-state index is -3.56. The number of sulfone groups is 1. The third-order valence-electron chi connectivity index (χ3n) is 4.51. The Morgan fingerprint density at radius 3 is 2.41 bits per heavy atom. The van der Waals surface area contributed by atoms with E-state index in [2.05, 4.69) is 11.2 Å². The predicted molar refractivity (Wildman–Crippen MR) is 121 cm³/mol. The molecule has 1 amide bonds. The highest BCUT2D eigenvalue weighted by Crippen LogP contribution is 2.15. The highest BCUT2D eigenvalue weighted by Gasteiger charge is 2.18. The first-order chi connectivity index (χ1) is 15.3. The van der Waals surface area contributed by atoms with Gasteiger partial charge in [0.25, 0.3) is 5.91 Å². The zero-order valence-corrected chi connectivity index (χ0v) is 18.8. The molecule has 0 fully saturated rings. The number of rotatable bonds is 13. The third-order valence-corrected chi connectivity index (χ3v) is 6.25. The minimum Gasteiger partial charge on any atom is -0.377 e. The van der Waals surface area contributed by atoms with Crippen molar-refractivity contribution in [3.05, 3.63) is 65.2 Å². The molecule has 0 aliphatic rings. The number of carbonyl (C=O) groups excluding carboxylic acids is 2. The van der Waals surface area contributed by atoms with Crippen LogP contribution in [0, 0.1) is 19.3 Å². The number of ketones is 1. The first kappa shape index (κ1) is 25.3. The van der Waals surface area contributed by atoms with Crippen LogP contribution in [0.25, 0.3) is 0 Å². The lowest BCUT2D eigenvalue weighted by atomic mass is 10.1. The molecule has 0 saturated carbocycles. The molecule has 0 aromatic heterocycles. The zero-order chi connectivity index (χ0) is 23.4. The average molecular weight is 458 g/mol. The molecule has 0 heterocycles. The lowest BCUT2D eigenvalue weighted by Gasteiger charge is -2.08. The van der Waals surface area contributed by atoms with Gasteiger partial charge in [-0.2, -0.15) is 0 Å². The molecule has 32 heavy (non-hydrogen) atoms. The summed E-state index contributed by atoms with van der Waals surface area (Å²) in [6.07, 6.45) is 4.89. The van der Waals surface area contributed by atoms with Crippen molar-refractivity contribution >= 4 is 21.5 Å². The van der Waals surface area contributed by atoms with Crippen LogP contribution in [-0.4, -0.2) is 58.8 Å². The molecular weight excluding hydrogens is 430 g/mol. The number of amides is 1. The van der Waals surface area contributed by atoms with E-state index in [1.165, 1.54) is 18.2 Å². The number of nitrogens with one attached hydrogen (secondary N) is 1. The molecule has 0 aliphatic carbocycles. The fourth-order valence-corrected chi connectivity index (χ4v) is 4.00. The molecule has 2 rings (SSSR count). The number of hydrogen-bond donors (Lipinski definition) is 1. The van der Waals surface area contributed by atoms with Gasteiger partial charge in [-0.3, -0.25) is 9.59 Å². The Bertz CT molecular complexity index is 1050. The van der Waals surface area contributed by atoms with Crippen LogP contribution in [0.1, 0.15) is 32.7 Å². The summed E-state index contributed by atoms with van der Waals surface area (Å²) < 4.78 is 35.3. The standard InChI is InChI=1S/C24H27NO6S/c1-3-13-30-15-16-31-14-12-25-24(27)21-6-4-5-20(18-21)23(26)11-17-32(28,29)22-9-7-19(2)8-10-22/h1,4-10,18H,11-17H2,2H3,(H,25,27). The van der Waals surface area contributed by atoms with Crippen molar-refractivity contribution in [2.75, 3.05) is 38.7 Å². The second kappa shape index (κ2) is 12.8. The number of ether oxygens (including phenoxy) is 2. The lowest BCUT2D eigenvalue weighted by molar-refractivity contribution is 0.0600. The third kappa shape index (κ3) is 8.27. The molecule has 0 radical (unpaired) electrons. The molecule has 8 heteroatoms. The number of carbonyl (C=O) groups is 2. The minimum absolute atomic E-state index is 0.170. The fraction of sp³-hybridized carbons (Fsp3) is 0.333. The maximum atomic E-state index is 12.5. The molecule has 0 unspecified atom stereocenters. The summed E-state index contributed by atoms with van der Waals surface area (Å²) in [6.45, 7) is 3.44. The second-order valence-electron chi connectivity index (χ2n) is 7.01. The van der Waals surface area contributed by atoms with Crippen LogP contribution in [0.3, 0.4) is 0 Å². The van der Waals surface area contributed by atoms with E-state index in [4.69, 9.17) is 15.9 Å². The van der Waals surface area contributed by atoms with Crippen molar-refractivity contribution in [3.8, 4) is 12.3 Å². The van der Waals surface area contributed by atoms with Gasteiger partial charge in [0.05, 0.1) is 30.5 Å². The maximum Gasteiger partial charge on any atom is 0.251 e. The number of terminal acetylenes is 1. The quantitative estimate of drug-likeness (QED) is 0.282. The molecule has 2 aromatic carbocycles. The summed E-state index contributed by atoms with van der Waals surface area (Å²) in [5.74, 6) is 1.36. The van der Waals surface area contributed by atoms with Crippen LogP contribution in [0.15, 0.2) is 53.4 Å². The van der Waals surface area contributed by atoms with Crippen molar-refractivity contribution in [2.24, 2.45) is 0 Å². The first-order valence-electron chi connectivity index (χ1n) is 10.1. The largest absolute Gasteiger partial charge is 0.377 e. The van der Waals surface area contributed by atoms with Gasteiger partial charge in [0, 0.05) is 24.1 Å². The molecule has 0 bridgehead atoms. The molecule has 0 saturated heterocycles. The van der Waals surface area contributed by atoms with E-state index in [1.807, 2.05) is 6.92 Å². The van der Waals surface area contributed by atoms with Crippen LogP contribution in [-0.2, 0) is 19.3 Å². The second-order valence-corrected chi connectivity index (χ2v) is 9.12. The summed E-state index contributed by atoms with van der Waals surface area (Å²) in [6, 6.07) is 12.7. The first-order valence-corrected chi connectivity index (χ1v) is 11.8. The highest BCUT2D eigenvalue weighted by atomic mass is 32.2. The molecule has 0 spiro atoms. The van der Waals surface area contributed by atoms with E-state index in [9.17, 15) is 18.0 Å². The number of benzene rings is 2. The van der Waals surface area contributed by atoms with Gasteiger partial charge in [-0.1, -0.05) is 35.7 Å². The Kier molecular flexibility index (Phi) is 10.1. The van der Waals surface area contributed by atoms with Gasteiger partial charge < -0.3 is 14.8 Å². The summed E-state index contributed by atoms with van der Waals surface area (Å²) in [4.78, 5) is 25.0. The van der Waals surface area contributed by atoms with Gasteiger partial charge in [0.15, 0.2) is 15.6 Å². The van der Waals surface area contributed by atoms with Crippen molar-refractivity contribution < 1.29 is 27.5 Å². The Morgan fingerprint density at radius 2 is 1.69 bits per heavy atom. The Labute approximate surface area is 189 Å². The van der Waals surface area contributed by atoms with Gasteiger partial charge in [-0.25, -0.2) is 8.42 Å². The van der Waals surface area contributed by atoms with Crippen molar-refractivity contribution in [2.45, 2.75) is 18.2 Å². The molecule has 1 N–H and O–H groups in total. The van der Waals surface area contributed by atoms with Crippen LogP contribution in [0.4, 0.5) is 0 Å². The SMILES string of the molecule is C#CCOCCOCCNC(=O)c1cccc(C(=O)CCS(=O)(=O)c2ccc(C)cc2)c1. The van der Waals surface area contributed by atoms with E-state index in [0.29, 0.717) is 37.5 Å². The van der Waals surface area contributed by atoms with Crippen molar-refractivity contribution in [3.63, 3.8) is 0 Å². The van der Waals surface area contributed by atoms with Gasteiger partial charge in [0.2, 0.25) is 0 Å². The Hall–Kier alpha value is -2.99. The molecule has 0 atom stereocenters. The van der Waals surface area contributed by atoms with Crippen molar-refractivity contribution in [1.29, 1.82) is 0 Å². The Morgan fingerprint density at radius 1 is 1.00 bits per heavy atom. The van der Waals surface area contributed by atoms with Gasteiger partial charge in [-0.15, -0.1) is 6.42 Å². The molecule has 0 aliphatic heterocycles. The Balaban J connectivity index is 1.83. The average Bonchev–Trinajstić information content (AvgIpc) is 2.79. The molecule has 170 valence electrons. The monoisotopic (exact) mass is 457 g/mol. The van der Waals surface area contributed by atoms with Crippen LogP contribution >= 0.6 is 0 Å². The maximum absolute atomic E-state index is 12.5. The van der Waals surface area contributed by atoms with Gasteiger partial charge in [0.1, 0.15) is 6.61 Å². The number of hydrogen-bond acceptors (Lipinski definition) is 6. The fourth-order valence-electron chi connectivity index (χ4n) is 2.76. The number of aryl methyl sites for hydroxylation is 1. The van der Waals surface area contributed by atoms with E-state index >= 15 is 0 Å². The zero-order valence-electron chi connectivity index (χ0n) is 18.0. The van der Waals surface area contributed by atoms with Crippen molar-refractivity contribution in [1.82, 2.24) is 5.32 Å². The summed E-state index contributed by atoms with van der Waals surface area (Å²) in [5, 5.41) is 2.71. The molecule has 2 aromatic rings.